The first kappa shape index (κ1) is 40.3. The van der Waals surface area contributed by atoms with E-state index in [0.29, 0.717) is 13.1 Å². The van der Waals surface area contributed by atoms with Gasteiger partial charge in [0.1, 0.15) is 23.7 Å². The van der Waals surface area contributed by atoms with Crippen molar-refractivity contribution in [3.63, 3.8) is 0 Å². The fraction of sp³-hybridized carbons (Fsp3) is 0.391. The molecule has 2 aliphatic heterocycles. The normalized spacial score (nSPS) is 17.8. The summed E-state index contributed by atoms with van der Waals surface area (Å²) in [6, 6.07) is 23.3. The lowest BCUT2D eigenvalue weighted by atomic mass is 9.93. The van der Waals surface area contributed by atoms with Gasteiger partial charge in [0.15, 0.2) is 0 Å². The van der Waals surface area contributed by atoms with Crippen molar-refractivity contribution in [3.8, 4) is 22.3 Å². The Balaban J connectivity index is 1.06. The maximum atomic E-state index is 13.7. The van der Waals surface area contributed by atoms with Gasteiger partial charge < -0.3 is 39.9 Å². The van der Waals surface area contributed by atoms with Crippen LogP contribution in [0.25, 0.3) is 55.1 Å². The summed E-state index contributed by atoms with van der Waals surface area (Å²) in [6.45, 7) is 8.80. The van der Waals surface area contributed by atoms with Crippen molar-refractivity contribution in [2.45, 2.75) is 77.5 Å². The molecule has 2 aromatic heterocycles. The summed E-state index contributed by atoms with van der Waals surface area (Å²) in [6.07, 6.45) is 1.96. The Morgan fingerprint density at radius 3 is 1.43 bits per heavy atom. The summed E-state index contributed by atoms with van der Waals surface area (Å²) in [5.74, 6) is 0.941. The van der Waals surface area contributed by atoms with Crippen LogP contribution in [0.5, 0.6) is 0 Å². The highest BCUT2D eigenvalue weighted by Gasteiger charge is 2.39. The molecule has 2 aliphatic rings. The Kier molecular flexibility index (Phi) is 11.2. The van der Waals surface area contributed by atoms with E-state index in [-0.39, 0.29) is 35.7 Å². The minimum absolute atomic E-state index is 0.118. The van der Waals surface area contributed by atoms with Crippen molar-refractivity contribution in [1.29, 1.82) is 0 Å². The smallest absolute Gasteiger partial charge is 0.407 e. The number of carbonyl (C=O) groups is 4. The number of hydrogen-bond acceptors (Lipinski definition) is 8. The van der Waals surface area contributed by atoms with Gasteiger partial charge in [-0.25, -0.2) is 19.6 Å². The number of aromatic nitrogens is 4. The van der Waals surface area contributed by atoms with E-state index in [4.69, 9.17) is 19.4 Å². The lowest BCUT2D eigenvalue weighted by Gasteiger charge is -2.29. The number of carbonyl (C=O) groups excluding carboxylic acids is 4. The topological polar surface area (TPSA) is 175 Å². The molecule has 14 nitrogen and oxygen atoms in total. The van der Waals surface area contributed by atoms with Crippen LogP contribution in [-0.2, 0) is 19.1 Å². The molecule has 0 aliphatic carbocycles. The van der Waals surface area contributed by atoms with Crippen molar-refractivity contribution in [2.75, 3.05) is 27.3 Å². The number of benzene rings is 4. The Morgan fingerprint density at radius 1 is 0.633 bits per heavy atom. The summed E-state index contributed by atoms with van der Waals surface area (Å²) >= 11 is 0. The maximum absolute atomic E-state index is 13.7. The average molecular weight is 813 g/mol. The van der Waals surface area contributed by atoms with Gasteiger partial charge in [0.25, 0.3) is 0 Å². The van der Waals surface area contributed by atoms with Crippen LogP contribution in [0.4, 0.5) is 9.59 Å². The molecule has 0 saturated carbocycles. The van der Waals surface area contributed by atoms with Gasteiger partial charge in [0.2, 0.25) is 11.8 Å². The molecule has 1 unspecified atom stereocenters. The predicted molar refractivity (Wildman–Crippen MR) is 230 cm³/mol. The van der Waals surface area contributed by atoms with Crippen LogP contribution < -0.4 is 10.6 Å². The van der Waals surface area contributed by atoms with Gasteiger partial charge in [-0.05, 0) is 94.8 Å². The predicted octanol–water partition coefficient (Wildman–Crippen LogP) is 8.01. The average Bonchev–Trinajstić information content (AvgIpc) is 4.08. The fourth-order valence-corrected chi connectivity index (χ4v) is 8.91. The van der Waals surface area contributed by atoms with Gasteiger partial charge >= 0.3 is 12.2 Å². The third-order valence-electron chi connectivity index (χ3n) is 12.0. The number of imidazole rings is 2. The summed E-state index contributed by atoms with van der Waals surface area (Å²) in [5.41, 5.74) is 7.62. The minimum atomic E-state index is -0.703. The van der Waals surface area contributed by atoms with E-state index in [9.17, 15) is 19.2 Å². The quantitative estimate of drug-likeness (QED) is 0.108. The van der Waals surface area contributed by atoms with Crippen molar-refractivity contribution in [3.05, 3.63) is 84.4 Å². The molecule has 312 valence electrons. The zero-order valence-electron chi connectivity index (χ0n) is 34.9. The van der Waals surface area contributed by atoms with Gasteiger partial charge in [-0.2, -0.15) is 0 Å². The summed E-state index contributed by atoms with van der Waals surface area (Å²) in [5, 5.41) is 7.64. The molecule has 0 bridgehead atoms. The number of hydrogen-bond donors (Lipinski definition) is 4. The van der Waals surface area contributed by atoms with E-state index in [2.05, 4.69) is 81.3 Å². The summed E-state index contributed by atoms with van der Waals surface area (Å²) in [7, 11) is 2.59. The number of ether oxygens (including phenoxy) is 2. The van der Waals surface area contributed by atoms with Crippen molar-refractivity contribution >= 4 is 56.8 Å². The zero-order valence-corrected chi connectivity index (χ0v) is 34.9. The van der Waals surface area contributed by atoms with Gasteiger partial charge in [0.05, 0.1) is 48.4 Å². The molecule has 6 aromatic rings. The molecular weight excluding hydrogens is 761 g/mol. The highest BCUT2D eigenvalue weighted by Crippen LogP contribution is 2.39. The molecule has 0 radical (unpaired) electrons. The van der Waals surface area contributed by atoms with Crippen LogP contribution in [0.3, 0.4) is 0 Å². The Morgan fingerprint density at radius 2 is 1.05 bits per heavy atom. The van der Waals surface area contributed by atoms with E-state index in [1.54, 1.807) is 0 Å². The van der Waals surface area contributed by atoms with Crippen LogP contribution in [-0.4, -0.2) is 93.1 Å². The van der Waals surface area contributed by atoms with Gasteiger partial charge in [-0.3, -0.25) is 9.59 Å². The van der Waals surface area contributed by atoms with Crippen molar-refractivity contribution < 1.29 is 28.7 Å². The Hall–Kier alpha value is -6.44. The molecule has 8 rings (SSSR count). The highest BCUT2D eigenvalue weighted by molar-refractivity contribution is 6.05. The second kappa shape index (κ2) is 16.7. The molecule has 2 fully saturated rings. The number of nitrogens with one attached hydrogen (secondary N) is 4. The van der Waals surface area contributed by atoms with Crippen LogP contribution in [0.1, 0.15) is 77.1 Å². The molecule has 2 saturated heterocycles. The first-order chi connectivity index (χ1) is 28.9. The third kappa shape index (κ3) is 7.62. The van der Waals surface area contributed by atoms with E-state index >= 15 is 0 Å². The minimum Gasteiger partial charge on any atom is -0.453 e. The summed E-state index contributed by atoms with van der Waals surface area (Å²) < 4.78 is 9.59. The summed E-state index contributed by atoms with van der Waals surface area (Å²) in [4.78, 5) is 72.2. The lowest BCUT2D eigenvalue weighted by Crippen LogP contribution is -2.51. The lowest BCUT2D eigenvalue weighted by molar-refractivity contribution is -0.136. The molecular formula is C46H52N8O6. The molecule has 4 aromatic carbocycles. The molecule has 60 heavy (non-hydrogen) atoms. The molecule has 14 heteroatoms. The van der Waals surface area contributed by atoms with Crippen LogP contribution in [0.2, 0.25) is 0 Å². The second-order valence-electron chi connectivity index (χ2n) is 16.5. The van der Waals surface area contributed by atoms with E-state index < -0.39 is 24.3 Å². The first-order valence-corrected chi connectivity index (χ1v) is 20.8. The van der Waals surface area contributed by atoms with Crippen LogP contribution >= 0.6 is 0 Å². The SMILES string of the molecule is COC(=O)N[C@H](C(=O)N1CCCC1c1nc2ccc(-c3cccc4c(-c5ccc6nc([C@@H]7CCCN7C(=O)[C@@H](NC(=O)OC)C(C)C)[nH]c6c5)cccc34)cc2[nH]1)C(C)C. The number of likely N-dealkylation sites (tertiary alicyclic amines) is 2. The number of aromatic amines is 2. The number of nitrogens with zero attached hydrogens (tertiary/aromatic N) is 4. The molecule has 4 N–H and O–H groups in total. The van der Waals surface area contributed by atoms with Gasteiger partial charge in [0, 0.05) is 13.1 Å². The van der Waals surface area contributed by atoms with Crippen molar-refractivity contribution in [1.82, 2.24) is 40.4 Å². The number of methoxy groups -OCH3 is 2. The highest BCUT2D eigenvalue weighted by atomic mass is 16.5. The van der Waals surface area contributed by atoms with Crippen molar-refractivity contribution in [2.24, 2.45) is 11.8 Å². The Bertz CT molecular complexity index is 2420. The molecule has 4 heterocycles. The van der Waals surface area contributed by atoms with E-state index in [1.165, 1.54) is 14.2 Å². The number of H-pyrrole nitrogens is 2. The maximum Gasteiger partial charge on any atom is 0.407 e. The first-order valence-electron chi connectivity index (χ1n) is 20.8. The van der Waals surface area contributed by atoms with E-state index in [0.717, 1.165) is 92.4 Å². The zero-order chi connectivity index (χ0) is 42.2. The van der Waals surface area contributed by atoms with Gasteiger partial charge in [-0.15, -0.1) is 0 Å². The molecule has 4 amide bonds. The molecule has 4 atom stereocenters. The Labute approximate surface area is 348 Å². The third-order valence-corrected chi connectivity index (χ3v) is 12.0. The molecule has 0 spiro atoms. The fourth-order valence-electron chi connectivity index (χ4n) is 8.91. The number of alkyl carbamates (subject to hydrolysis) is 2. The monoisotopic (exact) mass is 812 g/mol. The number of fused-ring (bicyclic) bond motifs is 3. The second-order valence-corrected chi connectivity index (χ2v) is 16.5. The van der Waals surface area contributed by atoms with Crippen LogP contribution in [0.15, 0.2) is 72.8 Å². The van der Waals surface area contributed by atoms with E-state index in [1.807, 2.05) is 49.6 Å². The largest absolute Gasteiger partial charge is 0.453 e. The standard InChI is InChI=1S/C46H52N8O6/c1-25(2)39(51-45(57)59-5)43(55)53-21-9-15-37(53)41-47-33-19-17-27(23-35(33)49-41)29-11-7-14-32-30(12-8-13-31(29)32)28-18-20-34-36(24-28)50-42(48-34)38-16-10-22-54(38)44(56)40(26(3)4)52-46(58)60-6/h7-8,11-14,17-20,23-26,37-40H,9-10,15-16,21-22H2,1-6H3,(H,47,49)(H,48,50)(H,51,57)(H,52,58)/t37-,38?,39-,40-/m0/s1. The number of amides is 4. The number of rotatable bonds is 10. The van der Waals surface area contributed by atoms with Gasteiger partial charge in [-0.1, -0.05) is 76.2 Å². The van der Waals surface area contributed by atoms with Crippen LogP contribution in [0, 0.1) is 11.8 Å².